The Morgan fingerprint density at radius 3 is 2.00 bits per heavy atom. The fourth-order valence-electron chi connectivity index (χ4n) is 1.08. The Labute approximate surface area is 110 Å². The molecule has 0 aromatic rings. The van der Waals surface area contributed by atoms with Crippen LogP contribution in [0.5, 0.6) is 0 Å². The minimum atomic E-state index is -3.31. The number of carbonyl (C=O) groups excluding carboxylic acids is 1. The maximum absolute atomic E-state index is 12.1. The van der Waals surface area contributed by atoms with Gasteiger partial charge in [0.25, 0.3) is 0 Å². The maximum atomic E-state index is 12.1. The molecule has 0 fully saturated rings. The van der Waals surface area contributed by atoms with Gasteiger partial charge in [-0.15, -0.1) is 0 Å². The van der Waals surface area contributed by atoms with E-state index >= 15 is 0 Å². The number of nitrogens with one attached hydrogen (secondary N) is 1. The first-order valence-corrected chi connectivity index (χ1v) is 8.03. The first kappa shape index (κ1) is 17.4. The zero-order valence-corrected chi connectivity index (χ0v) is 13.0. The van der Waals surface area contributed by atoms with Gasteiger partial charge >= 0.3 is 5.97 Å². The summed E-state index contributed by atoms with van der Waals surface area (Å²) in [7, 11) is -3.31. The lowest BCUT2D eigenvalue weighted by molar-refractivity contribution is -0.168. The number of hydrogen-bond acceptors (Lipinski definition) is 4. The van der Waals surface area contributed by atoms with Crippen molar-refractivity contribution in [2.75, 3.05) is 12.8 Å². The van der Waals surface area contributed by atoms with Crippen LogP contribution in [0.15, 0.2) is 0 Å². The Morgan fingerprint density at radius 1 is 1.17 bits per heavy atom. The van der Waals surface area contributed by atoms with Crippen molar-refractivity contribution in [2.24, 2.45) is 5.41 Å². The molecule has 0 rings (SSSR count). The Balaban J connectivity index is 4.79. The van der Waals surface area contributed by atoms with E-state index in [1.54, 1.807) is 6.92 Å². The molecule has 0 aliphatic heterocycles. The lowest BCUT2D eigenvalue weighted by atomic mass is 9.87. The predicted molar refractivity (Wildman–Crippen MR) is 71.7 cm³/mol. The van der Waals surface area contributed by atoms with Gasteiger partial charge in [-0.25, -0.2) is 13.1 Å². The standard InChI is InChI=1S/C12H25NO4S/c1-7-11(3,4)17-10(14)12(5,8-2)9-13-18(6,15)16/h13H,7-9H2,1-6H3. The topological polar surface area (TPSA) is 72.5 Å². The monoisotopic (exact) mass is 279 g/mol. The summed E-state index contributed by atoms with van der Waals surface area (Å²) < 4.78 is 30.0. The molecule has 0 amide bonds. The fourth-order valence-corrected chi connectivity index (χ4v) is 1.66. The first-order chi connectivity index (χ1) is 7.96. The Hall–Kier alpha value is -0.620. The molecule has 0 aromatic heterocycles. The molecule has 108 valence electrons. The summed E-state index contributed by atoms with van der Waals surface area (Å²) >= 11 is 0. The smallest absolute Gasteiger partial charge is 0.313 e. The largest absolute Gasteiger partial charge is 0.459 e. The molecular weight excluding hydrogens is 254 g/mol. The lowest BCUT2D eigenvalue weighted by Crippen LogP contribution is -2.44. The van der Waals surface area contributed by atoms with E-state index in [9.17, 15) is 13.2 Å². The summed E-state index contributed by atoms with van der Waals surface area (Å²) in [5.41, 5.74) is -1.37. The number of carbonyl (C=O) groups is 1. The van der Waals surface area contributed by atoms with Crippen molar-refractivity contribution >= 4 is 16.0 Å². The molecule has 1 unspecified atom stereocenters. The maximum Gasteiger partial charge on any atom is 0.313 e. The van der Waals surface area contributed by atoms with Crippen LogP contribution in [0.3, 0.4) is 0 Å². The van der Waals surface area contributed by atoms with E-state index in [4.69, 9.17) is 4.74 Å². The van der Waals surface area contributed by atoms with Crippen molar-refractivity contribution in [1.29, 1.82) is 0 Å². The Morgan fingerprint density at radius 2 is 1.67 bits per heavy atom. The number of rotatable bonds is 7. The van der Waals surface area contributed by atoms with E-state index < -0.39 is 21.0 Å². The van der Waals surface area contributed by atoms with E-state index in [1.807, 2.05) is 27.7 Å². The molecule has 0 aromatic carbocycles. The van der Waals surface area contributed by atoms with Gasteiger partial charge in [-0.05, 0) is 33.6 Å². The van der Waals surface area contributed by atoms with Crippen molar-refractivity contribution in [2.45, 2.75) is 53.1 Å². The molecular formula is C12H25NO4S. The van der Waals surface area contributed by atoms with Crippen LogP contribution < -0.4 is 4.72 Å². The first-order valence-electron chi connectivity index (χ1n) is 6.14. The van der Waals surface area contributed by atoms with Crippen LogP contribution in [-0.2, 0) is 19.6 Å². The highest BCUT2D eigenvalue weighted by molar-refractivity contribution is 7.88. The van der Waals surface area contributed by atoms with Crippen LogP contribution in [0.25, 0.3) is 0 Å². The van der Waals surface area contributed by atoms with Crippen molar-refractivity contribution < 1.29 is 17.9 Å². The number of hydrogen-bond donors (Lipinski definition) is 1. The van der Waals surface area contributed by atoms with Gasteiger partial charge in [0.05, 0.1) is 11.7 Å². The van der Waals surface area contributed by atoms with Gasteiger partial charge in [-0.3, -0.25) is 4.79 Å². The zero-order chi connectivity index (χ0) is 14.6. The molecule has 0 aliphatic rings. The average molecular weight is 279 g/mol. The van der Waals surface area contributed by atoms with Gasteiger partial charge in [0.2, 0.25) is 10.0 Å². The molecule has 0 spiro atoms. The third kappa shape index (κ3) is 5.82. The summed E-state index contributed by atoms with van der Waals surface area (Å²) in [5, 5.41) is 0. The van der Waals surface area contributed by atoms with Gasteiger partial charge in [0.1, 0.15) is 5.60 Å². The van der Waals surface area contributed by atoms with Gasteiger partial charge in [-0.2, -0.15) is 0 Å². The van der Waals surface area contributed by atoms with Crippen LogP contribution in [0, 0.1) is 5.41 Å². The highest BCUT2D eigenvalue weighted by atomic mass is 32.2. The molecule has 18 heavy (non-hydrogen) atoms. The van der Waals surface area contributed by atoms with Crippen molar-refractivity contribution in [1.82, 2.24) is 4.72 Å². The van der Waals surface area contributed by atoms with Crippen molar-refractivity contribution in [3.05, 3.63) is 0 Å². The highest BCUT2D eigenvalue weighted by Crippen LogP contribution is 2.26. The SMILES string of the molecule is CCC(C)(C)OC(=O)C(C)(CC)CNS(C)(=O)=O. The van der Waals surface area contributed by atoms with E-state index in [2.05, 4.69) is 4.72 Å². The van der Waals surface area contributed by atoms with Gasteiger partial charge in [-0.1, -0.05) is 13.8 Å². The summed E-state index contributed by atoms with van der Waals surface area (Å²) in [6, 6.07) is 0. The van der Waals surface area contributed by atoms with Crippen LogP contribution in [-0.4, -0.2) is 32.8 Å². The van der Waals surface area contributed by atoms with Crippen LogP contribution >= 0.6 is 0 Å². The summed E-state index contributed by atoms with van der Waals surface area (Å²) in [4.78, 5) is 12.1. The second kappa shape index (κ2) is 6.02. The van der Waals surface area contributed by atoms with E-state index in [0.29, 0.717) is 12.8 Å². The van der Waals surface area contributed by atoms with E-state index in [-0.39, 0.29) is 12.5 Å². The molecule has 0 saturated heterocycles. The molecule has 0 heterocycles. The summed E-state index contributed by atoms with van der Waals surface area (Å²) in [5.74, 6) is -0.368. The van der Waals surface area contributed by atoms with E-state index in [0.717, 1.165) is 6.26 Å². The second-order valence-electron chi connectivity index (χ2n) is 5.51. The highest BCUT2D eigenvalue weighted by Gasteiger charge is 2.36. The lowest BCUT2D eigenvalue weighted by Gasteiger charge is -2.31. The van der Waals surface area contributed by atoms with Crippen LogP contribution in [0.4, 0.5) is 0 Å². The quantitative estimate of drug-likeness (QED) is 0.720. The second-order valence-corrected chi connectivity index (χ2v) is 7.34. The van der Waals surface area contributed by atoms with Crippen LogP contribution in [0.1, 0.15) is 47.5 Å². The molecule has 6 heteroatoms. The molecule has 1 N–H and O–H groups in total. The molecule has 0 bridgehead atoms. The fraction of sp³-hybridized carbons (Fsp3) is 0.917. The average Bonchev–Trinajstić information content (AvgIpc) is 2.24. The summed E-state index contributed by atoms with van der Waals surface area (Å²) in [6.45, 7) is 9.21. The van der Waals surface area contributed by atoms with Gasteiger partial charge in [0.15, 0.2) is 0 Å². The minimum absolute atomic E-state index is 0.0565. The van der Waals surface area contributed by atoms with E-state index in [1.165, 1.54) is 0 Å². The van der Waals surface area contributed by atoms with Crippen molar-refractivity contribution in [3.63, 3.8) is 0 Å². The Kier molecular flexibility index (Phi) is 5.81. The number of esters is 1. The van der Waals surface area contributed by atoms with Gasteiger partial charge in [0, 0.05) is 6.54 Å². The predicted octanol–water partition coefficient (Wildman–Crippen LogP) is 1.68. The van der Waals surface area contributed by atoms with Crippen LogP contribution in [0.2, 0.25) is 0 Å². The minimum Gasteiger partial charge on any atom is -0.459 e. The molecule has 1 atom stereocenters. The molecule has 0 aliphatic carbocycles. The van der Waals surface area contributed by atoms with Gasteiger partial charge < -0.3 is 4.74 Å². The molecule has 0 saturated carbocycles. The molecule has 0 radical (unpaired) electrons. The number of sulfonamides is 1. The zero-order valence-electron chi connectivity index (χ0n) is 12.2. The Bertz CT molecular complexity index is 389. The van der Waals surface area contributed by atoms with Crippen molar-refractivity contribution in [3.8, 4) is 0 Å². The third-order valence-corrected chi connectivity index (χ3v) is 3.89. The third-order valence-electron chi connectivity index (χ3n) is 3.22. The number of ether oxygens (including phenoxy) is 1. The normalized spacial score (nSPS) is 16.1. The molecule has 5 nitrogen and oxygen atoms in total. The summed E-state index contributed by atoms with van der Waals surface area (Å²) in [6.07, 6.45) is 2.29.